The molecular weight excluding hydrogens is 378 g/mol. The fourth-order valence-electron chi connectivity index (χ4n) is 5.44. The summed E-state index contributed by atoms with van der Waals surface area (Å²) in [6, 6.07) is 16.9. The molecule has 30 heavy (non-hydrogen) atoms. The third-order valence-electron chi connectivity index (χ3n) is 6.99. The molecule has 3 amide bonds. The lowest BCUT2D eigenvalue weighted by molar-refractivity contribution is -0.145. The van der Waals surface area contributed by atoms with Gasteiger partial charge in [-0.05, 0) is 31.4 Å². The van der Waals surface area contributed by atoms with Gasteiger partial charge in [0.25, 0.3) is 0 Å². The number of nitrogens with zero attached hydrogens (tertiary/aromatic N) is 1. The second-order valence-corrected chi connectivity index (χ2v) is 8.56. The molecule has 0 aromatic heterocycles. The van der Waals surface area contributed by atoms with Gasteiger partial charge in [-0.3, -0.25) is 24.6 Å². The molecule has 2 aromatic carbocycles. The van der Waals surface area contributed by atoms with E-state index >= 15 is 0 Å². The Bertz CT molecular complexity index is 1040. The molecule has 154 valence electrons. The number of nitrogens with one attached hydrogen (secondary N) is 2. The molecule has 5 atom stereocenters. The summed E-state index contributed by atoms with van der Waals surface area (Å²) >= 11 is 0. The molecule has 6 heteroatoms. The normalized spacial score (nSPS) is 30.5. The van der Waals surface area contributed by atoms with Crippen molar-refractivity contribution in [3.8, 4) is 0 Å². The molecule has 3 heterocycles. The molecular formula is C24H25N3O3. The van der Waals surface area contributed by atoms with Gasteiger partial charge in [0.15, 0.2) is 0 Å². The molecule has 3 aliphatic heterocycles. The van der Waals surface area contributed by atoms with Gasteiger partial charge < -0.3 is 5.32 Å². The number of rotatable bonds is 4. The number of carbonyl (C=O) groups excluding carboxylic acids is 3. The van der Waals surface area contributed by atoms with Crippen molar-refractivity contribution in [3.05, 3.63) is 65.7 Å². The van der Waals surface area contributed by atoms with E-state index in [2.05, 4.69) is 10.6 Å². The molecule has 6 nitrogen and oxygen atoms in total. The van der Waals surface area contributed by atoms with Crippen molar-refractivity contribution >= 4 is 23.4 Å². The van der Waals surface area contributed by atoms with E-state index in [9.17, 15) is 14.4 Å². The summed E-state index contributed by atoms with van der Waals surface area (Å²) in [4.78, 5) is 41.8. The zero-order chi connectivity index (χ0) is 21.0. The van der Waals surface area contributed by atoms with Gasteiger partial charge in [-0.25, -0.2) is 0 Å². The fraction of sp³-hybridized carbons (Fsp3) is 0.375. The lowest BCUT2D eigenvalue weighted by Crippen LogP contribution is -2.54. The van der Waals surface area contributed by atoms with E-state index in [0.29, 0.717) is 18.5 Å². The van der Waals surface area contributed by atoms with Crippen LogP contribution in [0.5, 0.6) is 0 Å². The van der Waals surface area contributed by atoms with Crippen LogP contribution < -0.4 is 10.6 Å². The largest absolute Gasteiger partial charge is 0.324 e. The second kappa shape index (κ2) is 6.77. The number of hydrogen-bond acceptors (Lipinski definition) is 4. The maximum Gasteiger partial charge on any atom is 0.250 e. The van der Waals surface area contributed by atoms with Crippen LogP contribution in [0.2, 0.25) is 0 Å². The van der Waals surface area contributed by atoms with Crippen LogP contribution in [0, 0.1) is 11.8 Å². The van der Waals surface area contributed by atoms with E-state index in [4.69, 9.17) is 0 Å². The number of anilines is 1. The maximum absolute atomic E-state index is 13.6. The zero-order valence-electron chi connectivity index (χ0n) is 17.1. The molecule has 2 N–H and O–H groups in total. The molecule has 3 aliphatic rings. The molecule has 0 bridgehead atoms. The third-order valence-corrected chi connectivity index (χ3v) is 6.99. The van der Waals surface area contributed by atoms with E-state index < -0.39 is 17.4 Å². The lowest BCUT2D eigenvalue weighted by atomic mass is 9.76. The molecule has 2 fully saturated rings. The predicted octanol–water partition coefficient (Wildman–Crippen LogP) is 2.45. The summed E-state index contributed by atoms with van der Waals surface area (Å²) in [6.45, 7) is 3.86. The van der Waals surface area contributed by atoms with Crippen molar-refractivity contribution in [1.82, 2.24) is 10.2 Å². The van der Waals surface area contributed by atoms with Gasteiger partial charge in [-0.2, -0.15) is 0 Å². The Morgan fingerprint density at radius 3 is 2.43 bits per heavy atom. The molecule has 0 radical (unpaired) electrons. The minimum absolute atomic E-state index is 0.165. The first-order valence-corrected chi connectivity index (χ1v) is 10.6. The Morgan fingerprint density at radius 2 is 1.70 bits per heavy atom. The van der Waals surface area contributed by atoms with Gasteiger partial charge in [-0.1, -0.05) is 55.5 Å². The van der Waals surface area contributed by atoms with Gasteiger partial charge in [0.2, 0.25) is 17.7 Å². The fourth-order valence-corrected chi connectivity index (χ4v) is 5.44. The van der Waals surface area contributed by atoms with E-state index in [0.717, 1.165) is 11.1 Å². The zero-order valence-corrected chi connectivity index (χ0v) is 17.1. The highest BCUT2D eigenvalue weighted by Crippen LogP contribution is 2.53. The molecule has 2 saturated heterocycles. The van der Waals surface area contributed by atoms with Gasteiger partial charge in [0.1, 0.15) is 5.54 Å². The number of amides is 3. The average molecular weight is 403 g/mol. The van der Waals surface area contributed by atoms with Gasteiger partial charge in [-0.15, -0.1) is 0 Å². The number of para-hydroxylation sites is 1. The van der Waals surface area contributed by atoms with E-state index in [1.807, 2.05) is 68.4 Å². The van der Waals surface area contributed by atoms with Crippen LogP contribution in [0.1, 0.15) is 31.4 Å². The first kappa shape index (κ1) is 19.0. The minimum atomic E-state index is -1.21. The summed E-state index contributed by atoms with van der Waals surface area (Å²) in [7, 11) is 0. The molecule has 0 unspecified atom stereocenters. The van der Waals surface area contributed by atoms with Crippen molar-refractivity contribution in [3.63, 3.8) is 0 Å². The third kappa shape index (κ3) is 2.43. The van der Waals surface area contributed by atoms with Crippen molar-refractivity contribution in [2.75, 3.05) is 5.32 Å². The smallest absolute Gasteiger partial charge is 0.250 e. The number of benzene rings is 2. The molecule has 0 aliphatic carbocycles. The second-order valence-electron chi connectivity index (χ2n) is 8.56. The summed E-state index contributed by atoms with van der Waals surface area (Å²) < 4.78 is 0. The Hall–Kier alpha value is -2.99. The Balaban J connectivity index is 1.64. The average Bonchev–Trinajstić information content (AvgIpc) is 3.33. The summed E-state index contributed by atoms with van der Waals surface area (Å²) in [6.07, 6.45) is 1.26. The summed E-state index contributed by atoms with van der Waals surface area (Å²) in [5, 5.41) is 6.42. The highest BCUT2D eigenvalue weighted by atomic mass is 16.2. The summed E-state index contributed by atoms with van der Waals surface area (Å²) in [5.74, 6) is -1.96. The topological polar surface area (TPSA) is 78.5 Å². The molecule has 2 aromatic rings. The minimum Gasteiger partial charge on any atom is -0.324 e. The molecule has 0 saturated carbocycles. The number of imide groups is 1. The van der Waals surface area contributed by atoms with Gasteiger partial charge >= 0.3 is 0 Å². The Morgan fingerprint density at radius 1 is 1.00 bits per heavy atom. The quantitative estimate of drug-likeness (QED) is 0.769. The van der Waals surface area contributed by atoms with Crippen molar-refractivity contribution in [2.24, 2.45) is 11.8 Å². The van der Waals surface area contributed by atoms with Crippen molar-refractivity contribution in [2.45, 2.75) is 44.3 Å². The monoisotopic (exact) mass is 403 g/mol. The number of carbonyl (C=O) groups is 3. The van der Waals surface area contributed by atoms with E-state index in [1.165, 1.54) is 4.90 Å². The SMILES string of the molecule is CC[C@H](C)N1C(=O)[C@@H]2[C@H](Cc3ccccc3)N[C@]3(C(=O)Nc4ccccc43)[C@@H]2C1=O. The Labute approximate surface area is 175 Å². The first-order chi connectivity index (χ1) is 14.5. The van der Waals surface area contributed by atoms with E-state index in [1.54, 1.807) is 0 Å². The molecule has 1 spiro atoms. The lowest BCUT2D eigenvalue weighted by Gasteiger charge is -2.31. The van der Waals surface area contributed by atoms with Crippen LogP contribution in [-0.2, 0) is 26.3 Å². The highest BCUT2D eigenvalue weighted by molar-refractivity contribution is 6.15. The van der Waals surface area contributed by atoms with Crippen LogP contribution >= 0.6 is 0 Å². The molecule has 5 rings (SSSR count). The van der Waals surface area contributed by atoms with Gasteiger partial charge in [0, 0.05) is 23.3 Å². The predicted molar refractivity (Wildman–Crippen MR) is 112 cm³/mol. The van der Waals surface area contributed by atoms with Crippen LogP contribution in [0.25, 0.3) is 0 Å². The first-order valence-electron chi connectivity index (χ1n) is 10.6. The van der Waals surface area contributed by atoms with Crippen LogP contribution in [0.15, 0.2) is 54.6 Å². The number of likely N-dealkylation sites (tertiary alicyclic amines) is 1. The van der Waals surface area contributed by atoms with Crippen molar-refractivity contribution in [1.29, 1.82) is 0 Å². The van der Waals surface area contributed by atoms with Crippen LogP contribution in [0.4, 0.5) is 5.69 Å². The van der Waals surface area contributed by atoms with Crippen molar-refractivity contribution < 1.29 is 14.4 Å². The Kier molecular flexibility index (Phi) is 4.29. The number of hydrogen-bond donors (Lipinski definition) is 2. The van der Waals surface area contributed by atoms with Crippen LogP contribution in [-0.4, -0.2) is 34.7 Å². The summed E-state index contributed by atoms with van der Waals surface area (Å²) in [5.41, 5.74) is 1.32. The van der Waals surface area contributed by atoms with Crippen LogP contribution in [0.3, 0.4) is 0 Å². The van der Waals surface area contributed by atoms with Gasteiger partial charge in [0.05, 0.1) is 11.8 Å². The maximum atomic E-state index is 13.6. The standard InChI is InChI=1S/C24H25N3O3/c1-3-14(2)27-21(28)19-18(13-15-9-5-4-6-10-15)26-24(20(19)22(27)29)16-11-7-8-12-17(16)25-23(24)30/h4-12,14,18-20,26H,3,13H2,1-2H3,(H,25,30)/t14-,18-,19+,20-,24-/m0/s1. The van der Waals surface area contributed by atoms with E-state index in [-0.39, 0.29) is 29.8 Å². The highest BCUT2D eigenvalue weighted by Gasteiger charge is 2.70. The number of fused-ring (bicyclic) bond motifs is 4.